The first kappa shape index (κ1) is 20.4. The molecule has 27 heavy (non-hydrogen) atoms. The second kappa shape index (κ2) is 7.00. The molecule has 0 atom stereocenters. The monoisotopic (exact) mass is 426 g/mol. The maximum Gasteiger partial charge on any atom is 0.501 e. The number of non-ortho nitro benzene ring substituents is 1. The standard InChI is InChI=1S/C13H6ClF3N2O7S/c14-9-5-7(18(20)21)1-3-11(9)26-12-4-2-8(6-10(12)19(22)23)27(24,25)13(15,16)17/h1-6H. The van der Waals surface area contributed by atoms with Gasteiger partial charge in [-0.3, -0.25) is 20.2 Å². The molecular weight excluding hydrogens is 421 g/mol. The number of nitro groups is 2. The summed E-state index contributed by atoms with van der Waals surface area (Å²) < 4.78 is 65.7. The minimum absolute atomic E-state index is 0.192. The van der Waals surface area contributed by atoms with Gasteiger partial charge in [0.2, 0.25) is 5.75 Å². The molecule has 0 unspecified atom stereocenters. The molecule has 0 N–H and O–H groups in total. The zero-order valence-electron chi connectivity index (χ0n) is 12.6. The summed E-state index contributed by atoms with van der Waals surface area (Å²) in [5.41, 5.74) is -7.12. The highest BCUT2D eigenvalue weighted by atomic mass is 35.5. The molecule has 144 valence electrons. The van der Waals surface area contributed by atoms with Crippen molar-refractivity contribution in [2.45, 2.75) is 10.4 Å². The molecule has 0 aromatic heterocycles. The first-order valence-corrected chi connectivity index (χ1v) is 8.42. The number of rotatable bonds is 5. The van der Waals surface area contributed by atoms with Crippen molar-refractivity contribution in [3.63, 3.8) is 0 Å². The second-order valence-corrected chi connectivity index (χ2v) is 7.16. The van der Waals surface area contributed by atoms with Crippen LogP contribution in [0.1, 0.15) is 0 Å². The van der Waals surface area contributed by atoms with Gasteiger partial charge in [0.05, 0.1) is 19.8 Å². The van der Waals surface area contributed by atoms with Crippen LogP contribution in [0.5, 0.6) is 11.5 Å². The van der Waals surface area contributed by atoms with E-state index in [0.717, 1.165) is 18.2 Å². The fourth-order valence-electron chi connectivity index (χ4n) is 1.83. The minimum atomic E-state index is -5.81. The van der Waals surface area contributed by atoms with E-state index in [1.807, 2.05) is 0 Å². The Hall–Kier alpha value is -2.93. The number of benzene rings is 2. The molecule has 0 radical (unpaired) electrons. The average molecular weight is 427 g/mol. The van der Waals surface area contributed by atoms with Gasteiger partial charge >= 0.3 is 11.2 Å². The predicted octanol–water partition coefficient (Wildman–Crippen LogP) is 4.24. The zero-order valence-corrected chi connectivity index (χ0v) is 14.2. The van der Waals surface area contributed by atoms with Crippen molar-refractivity contribution in [2.75, 3.05) is 0 Å². The number of nitrogens with zero attached hydrogens (tertiary/aromatic N) is 2. The number of ether oxygens (including phenoxy) is 1. The molecule has 0 aliphatic rings. The van der Waals surface area contributed by atoms with E-state index in [-0.39, 0.29) is 16.8 Å². The molecule has 0 spiro atoms. The number of halogens is 4. The van der Waals surface area contributed by atoms with Crippen molar-refractivity contribution in [2.24, 2.45) is 0 Å². The Kier molecular flexibility index (Phi) is 5.28. The Labute approximate surface area is 153 Å². The molecule has 0 heterocycles. The number of hydrogen-bond acceptors (Lipinski definition) is 7. The van der Waals surface area contributed by atoms with Crippen molar-refractivity contribution in [3.8, 4) is 11.5 Å². The van der Waals surface area contributed by atoms with Gasteiger partial charge in [0.1, 0.15) is 5.75 Å². The average Bonchev–Trinajstić information content (AvgIpc) is 2.55. The van der Waals surface area contributed by atoms with Crippen LogP contribution < -0.4 is 4.74 Å². The summed E-state index contributed by atoms with van der Waals surface area (Å²) in [5, 5.41) is 21.4. The lowest BCUT2D eigenvalue weighted by atomic mass is 10.3. The highest BCUT2D eigenvalue weighted by Crippen LogP contribution is 2.39. The summed E-state index contributed by atoms with van der Waals surface area (Å²) in [7, 11) is -5.81. The summed E-state index contributed by atoms with van der Waals surface area (Å²) in [5.74, 6) is -0.881. The first-order chi connectivity index (χ1) is 12.3. The fraction of sp³-hybridized carbons (Fsp3) is 0.0769. The van der Waals surface area contributed by atoms with Gasteiger partial charge in [-0.15, -0.1) is 0 Å². The summed E-state index contributed by atoms with van der Waals surface area (Å²) in [6.07, 6.45) is 0. The van der Waals surface area contributed by atoms with E-state index in [1.54, 1.807) is 0 Å². The lowest BCUT2D eigenvalue weighted by Gasteiger charge is -2.11. The molecule has 0 bridgehead atoms. The normalized spacial score (nSPS) is 11.9. The van der Waals surface area contributed by atoms with Gasteiger partial charge in [0.25, 0.3) is 15.5 Å². The predicted molar refractivity (Wildman–Crippen MR) is 84.5 cm³/mol. The van der Waals surface area contributed by atoms with Gasteiger partial charge in [-0.25, -0.2) is 8.42 Å². The van der Waals surface area contributed by atoms with E-state index >= 15 is 0 Å². The molecular formula is C13H6ClF3N2O7S. The third-order valence-electron chi connectivity index (χ3n) is 3.09. The van der Waals surface area contributed by atoms with E-state index in [1.165, 1.54) is 0 Å². The maximum absolute atomic E-state index is 12.6. The number of nitro benzene ring substituents is 2. The topological polar surface area (TPSA) is 130 Å². The van der Waals surface area contributed by atoms with Gasteiger partial charge in [0.15, 0.2) is 0 Å². The van der Waals surface area contributed by atoms with Crippen molar-refractivity contribution in [1.29, 1.82) is 0 Å². The Bertz CT molecular complexity index is 1040. The van der Waals surface area contributed by atoms with Gasteiger partial charge in [-0.1, -0.05) is 11.6 Å². The Morgan fingerprint density at radius 3 is 2.04 bits per heavy atom. The van der Waals surface area contributed by atoms with Crippen LogP contribution in [-0.4, -0.2) is 23.8 Å². The maximum atomic E-state index is 12.6. The summed E-state index contributed by atoms with van der Waals surface area (Å²) in [6.45, 7) is 0. The van der Waals surface area contributed by atoms with Crippen molar-refractivity contribution in [3.05, 3.63) is 61.6 Å². The van der Waals surface area contributed by atoms with Crippen LogP contribution in [0.25, 0.3) is 0 Å². The number of sulfone groups is 1. The summed E-state index contributed by atoms with van der Waals surface area (Å²) in [4.78, 5) is 18.5. The van der Waals surface area contributed by atoms with Gasteiger partial charge < -0.3 is 4.74 Å². The van der Waals surface area contributed by atoms with Crippen LogP contribution in [0, 0.1) is 20.2 Å². The Morgan fingerprint density at radius 2 is 1.56 bits per heavy atom. The SMILES string of the molecule is O=[N+]([O-])c1ccc(Oc2ccc(S(=O)(=O)C(F)(F)F)cc2[N+](=O)[O-])c(Cl)c1. The number of alkyl halides is 3. The van der Waals surface area contributed by atoms with Crippen molar-refractivity contribution in [1.82, 2.24) is 0 Å². The zero-order chi connectivity index (χ0) is 20.6. The van der Waals surface area contributed by atoms with Gasteiger partial charge in [0, 0.05) is 18.2 Å². The van der Waals surface area contributed by atoms with Crippen LogP contribution >= 0.6 is 11.6 Å². The molecule has 0 saturated carbocycles. The highest BCUT2D eigenvalue weighted by molar-refractivity contribution is 7.92. The van der Waals surface area contributed by atoms with E-state index in [4.69, 9.17) is 16.3 Å². The van der Waals surface area contributed by atoms with Crippen LogP contribution in [0.4, 0.5) is 24.5 Å². The fourth-order valence-corrected chi connectivity index (χ4v) is 2.83. The largest absolute Gasteiger partial charge is 0.501 e. The highest BCUT2D eigenvalue weighted by Gasteiger charge is 2.47. The van der Waals surface area contributed by atoms with Crippen molar-refractivity contribution < 1.29 is 36.2 Å². The Morgan fingerprint density at radius 1 is 0.963 bits per heavy atom. The van der Waals surface area contributed by atoms with Gasteiger partial charge in [-0.05, 0) is 18.2 Å². The van der Waals surface area contributed by atoms with Crippen LogP contribution in [0.15, 0.2) is 41.3 Å². The van der Waals surface area contributed by atoms with Gasteiger partial charge in [-0.2, -0.15) is 13.2 Å². The van der Waals surface area contributed by atoms with Crippen LogP contribution in [0.2, 0.25) is 5.02 Å². The Balaban J connectivity index is 2.50. The molecule has 14 heteroatoms. The van der Waals surface area contributed by atoms with E-state index < -0.39 is 47.2 Å². The molecule has 2 aromatic carbocycles. The molecule has 0 aliphatic carbocycles. The molecule has 2 rings (SSSR count). The molecule has 0 aliphatic heterocycles. The first-order valence-electron chi connectivity index (χ1n) is 6.56. The van der Waals surface area contributed by atoms with Crippen LogP contribution in [0.3, 0.4) is 0 Å². The quantitative estimate of drug-likeness (QED) is 0.516. The smallest absolute Gasteiger partial charge is 0.449 e. The molecule has 0 fully saturated rings. The third kappa shape index (κ3) is 4.09. The summed E-state index contributed by atoms with van der Waals surface area (Å²) in [6, 6.07) is 4.21. The van der Waals surface area contributed by atoms with E-state index in [2.05, 4.69) is 0 Å². The molecule has 0 amide bonds. The van der Waals surface area contributed by atoms with Crippen molar-refractivity contribution >= 4 is 32.8 Å². The lowest BCUT2D eigenvalue weighted by Crippen LogP contribution is -2.23. The van der Waals surface area contributed by atoms with Crippen LogP contribution in [-0.2, 0) is 9.84 Å². The number of hydrogen-bond donors (Lipinski definition) is 0. The second-order valence-electron chi connectivity index (χ2n) is 4.81. The van der Waals surface area contributed by atoms with E-state index in [9.17, 15) is 41.8 Å². The third-order valence-corrected chi connectivity index (χ3v) is 4.87. The summed E-state index contributed by atoms with van der Waals surface area (Å²) >= 11 is 5.78. The molecule has 2 aromatic rings. The van der Waals surface area contributed by atoms with E-state index in [0.29, 0.717) is 12.1 Å². The lowest BCUT2D eigenvalue weighted by molar-refractivity contribution is -0.385. The molecule has 9 nitrogen and oxygen atoms in total. The molecule has 0 saturated heterocycles. The minimum Gasteiger partial charge on any atom is -0.449 e.